The summed E-state index contributed by atoms with van der Waals surface area (Å²) in [6, 6.07) is 12.3. The smallest absolute Gasteiger partial charge is 0.0661 e. The van der Waals surface area contributed by atoms with Gasteiger partial charge < -0.3 is 0 Å². The molecule has 0 N–H and O–H groups in total. The number of aromatic nitrogens is 4. The highest BCUT2D eigenvalue weighted by Gasteiger charge is 2.04. The summed E-state index contributed by atoms with van der Waals surface area (Å²) >= 11 is 0. The Labute approximate surface area is 219 Å². The van der Waals surface area contributed by atoms with Gasteiger partial charge >= 0.3 is 0 Å². The second-order valence-electron chi connectivity index (χ2n) is 8.66. The monoisotopic (exact) mass is 484 g/mol. The van der Waals surface area contributed by atoms with Gasteiger partial charge in [-0.3, -0.25) is 19.9 Å². The van der Waals surface area contributed by atoms with Gasteiger partial charge in [-0.05, 0) is 83.0 Å². The zero-order valence-corrected chi connectivity index (χ0v) is 20.2. The molecule has 4 heteroatoms. The first kappa shape index (κ1) is 25.6. The fourth-order valence-electron chi connectivity index (χ4n) is 4.31. The van der Waals surface area contributed by atoms with Crippen molar-refractivity contribution in [3.63, 3.8) is 0 Å². The van der Waals surface area contributed by atoms with Crippen LogP contribution in [-0.2, 0) is 25.7 Å². The lowest BCUT2D eigenvalue weighted by Crippen LogP contribution is -1.83. The van der Waals surface area contributed by atoms with Crippen molar-refractivity contribution in [2.24, 2.45) is 0 Å². The molecule has 0 radical (unpaired) electrons. The van der Waals surface area contributed by atoms with Crippen LogP contribution in [0.5, 0.6) is 0 Å². The van der Waals surface area contributed by atoms with E-state index in [1.807, 2.05) is 55.4 Å². The van der Waals surface area contributed by atoms with Crippen molar-refractivity contribution in [2.75, 3.05) is 0 Å². The number of allylic oxidation sites excluding steroid dienone is 4. The number of rotatable bonds is 0. The SMILES string of the molecule is C.C1=Cc2cccnc2C1.C1=Cc2ccncc2C1.C1=Cc2cnccc2C1.C1=Cc2ncccc2C1. The van der Waals surface area contributed by atoms with Crippen molar-refractivity contribution >= 4 is 24.3 Å². The van der Waals surface area contributed by atoms with Gasteiger partial charge in [0.2, 0.25) is 0 Å². The molecule has 0 fully saturated rings. The minimum Gasteiger partial charge on any atom is -0.264 e. The minimum absolute atomic E-state index is 0. The van der Waals surface area contributed by atoms with Gasteiger partial charge in [0.05, 0.1) is 11.4 Å². The van der Waals surface area contributed by atoms with Crippen molar-refractivity contribution in [3.8, 4) is 0 Å². The molecule has 0 saturated carbocycles. The van der Waals surface area contributed by atoms with Crippen LogP contribution in [0.1, 0.15) is 52.2 Å². The first-order chi connectivity index (χ1) is 17.9. The van der Waals surface area contributed by atoms with Crippen molar-refractivity contribution in [1.82, 2.24) is 19.9 Å². The average molecular weight is 485 g/mol. The first-order valence-electron chi connectivity index (χ1n) is 12.3. The van der Waals surface area contributed by atoms with Crippen LogP contribution in [0.3, 0.4) is 0 Å². The van der Waals surface area contributed by atoms with Crippen LogP contribution in [0.25, 0.3) is 24.3 Å². The molecule has 0 aromatic carbocycles. The molecular weight excluding hydrogens is 452 g/mol. The Morgan fingerprint density at radius 1 is 0.486 bits per heavy atom. The Morgan fingerprint density at radius 3 is 2.00 bits per heavy atom. The maximum atomic E-state index is 4.20. The quantitative estimate of drug-likeness (QED) is 0.264. The molecule has 0 amide bonds. The van der Waals surface area contributed by atoms with Crippen LogP contribution in [0.4, 0.5) is 0 Å². The van der Waals surface area contributed by atoms with E-state index in [0.717, 1.165) is 31.4 Å². The van der Waals surface area contributed by atoms with E-state index in [1.165, 1.54) is 39.1 Å². The molecule has 4 aliphatic rings. The standard InChI is InChI=1S/4C8H7N.CH4/c2*1-3-7-4-2-6-9-8(7)5-1;2*1-2-7-4-5-9-6-8(7)3-1;/h1-2,4-6H,3H2;1-4,6H,5H2;1,3-6H,2H2;1-2,4-6H,3H2;1H4. The fourth-order valence-corrected chi connectivity index (χ4v) is 4.31. The lowest BCUT2D eigenvalue weighted by atomic mass is 10.2. The summed E-state index contributed by atoms with van der Waals surface area (Å²) < 4.78 is 0. The Kier molecular flexibility index (Phi) is 9.03. The molecule has 4 heterocycles. The van der Waals surface area contributed by atoms with Crippen molar-refractivity contribution < 1.29 is 0 Å². The molecular formula is C33H32N4. The molecule has 0 bridgehead atoms. The molecule has 4 aromatic rings. The van der Waals surface area contributed by atoms with Gasteiger partial charge in [0.15, 0.2) is 0 Å². The largest absolute Gasteiger partial charge is 0.264 e. The summed E-state index contributed by atoms with van der Waals surface area (Å²) in [5.41, 5.74) is 10.3. The Balaban J connectivity index is 0.000000114. The Hall–Kier alpha value is -4.44. The highest BCUT2D eigenvalue weighted by molar-refractivity contribution is 5.59. The zero-order valence-electron chi connectivity index (χ0n) is 20.2. The van der Waals surface area contributed by atoms with E-state index in [1.54, 1.807) is 0 Å². The molecule has 0 atom stereocenters. The first-order valence-corrected chi connectivity index (χ1v) is 12.3. The Morgan fingerprint density at radius 2 is 1.16 bits per heavy atom. The van der Waals surface area contributed by atoms with Gasteiger partial charge in [0, 0.05) is 43.6 Å². The van der Waals surface area contributed by atoms with Gasteiger partial charge in [0.1, 0.15) is 0 Å². The van der Waals surface area contributed by atoms with Crippen molar-refractivity contribution in [3.05, 3.63) is 143 Å². The van der Waals surface area contributed by atoms with E-state index < -0.39 is 0 Å². The minimum atomic E-state index is 0. The summed E-state index contributed by atoms with van der Waals surface area (Å²) in [7, 11) is 0. The zero-order chi connectivity index (χ0) is 24.4. The maximum Gasteiger partial charge on any atom is 0.0661 e. The molecule has 4 aromatic heterocycles. The predicted octanol–water partition coefficient (Wildman–Crippen LogP) is 7.24. The second-order valence-corrected chi connectivity index (χ2v) is 8.66. The van der Waals surface area contributed by atoms with Gasteiger partial charge in [-0.2, -0.15) is 0 Å². The van der Waals surface area contributed by atoms with E-state index in [9.17, 15) is 0 Å². The Bertz CT molecular complexity index is 1220. The van der Waals surface area contributed by atoms with Crippen molar-refractivity contribution in [2.45, 2.75) is 33.1 Å². The van der Waals surface area contributed by atoms with Gasteiger partial charge in [-0.25, -0.2) is 0 Å². The van der Waals surface area contributed by atoms with Gasteiger partial charge in [-0.15, -0.1) is 0 Å². The molecule has 0 spiro atoms. The number of fused-ring (bicyclic) bond motifs is 4. The van der Waals surface area contributed by atoms with E-state index in [0.29, 0.717) is 0 Å². The molecule has 4 aliphatic carbocycles. The molecule has 0 saturated heterocycles. The molecule has 4 nitrogen and oxygen atoms in total. The number of hydrogen-bond donors (Lipinski definition) is 0. The van der Waals surface area contributed by atoms with E-state index in [2.05, 4.69) is 86.7 Å². The van der Waals surface area contributed by atoms with E-state index in [4.69, 9.17) is 0 Å². The van der Waals surface area contributed by atoms with Crippen LogP contribution in [-0.4, -0.2) is 19.9 Å². The molecule has 184 valence electrons. The summed E-state index contributed by atoms with van der Waals surface area (Å²) in [5, 5.41) is 0. The number of nitrogens with zero attached hydrogens (tertiary/aromatic N) is 4. The van der Waals surface area contributed by atoms with Crippen LogP contribution >= 0.6 is 0 Å². The third kappa shape index (κ3) is 6.83. The molecule has 0 aliphatic heterocycles. The van der Waals surface area contributed by atoms with E-state index >= 15 is 0 Å². The average Bonchev–Trinajstić information content (AvgIpc) is 3.76. The fraction of sp³-hybridized carbons (Fsp3) is 0.152. The van der Waals surface area contributed by atoms with E-state index in [-0.39, 0.29) is 7.43 Å². The third-order valence-corrected chi connectivity index (χ3v) is 6.23. The van der Waals surface area contributed by atoms with Crippen LogP contribution in [0, 0.1) is 0 Å². The second kappa shape index (κ2) is 13.0. The number of hydrogen-bond acceptors (Lipinski definition) is 4. The molecule has 37 heavy (non-hydrogen) atoms. The van der Waals surface area contributed by atoms with Crippen molar-refractivity contribution in [1.29, 1.82) is 0 Å². The highest BCUT2D eigenvalue weighted by Crippen LogP contribution is 2.18. The summed E-state index contributed by atoms with van der Waals surface area (Å²) in [5.74, 6) is 0. The predicted molar refractivity (Wildman–Crippen MR) is 155 cm³/mol. The van der Waals surface area contributed by atoms with Gasteiger partial charge in [0.25, 0.3) is 0 Å². The van der Waals surface area contributed by atoms with Crippen LogP contribution in [0.15, 0.2) is 97.9 Å². The summed E-state index contributed by atoms with van der Waals surface area (Å²) in [6.07, 6.45) is 32.4. The molecule has 8 rings (SSSR count). The summed E-state index contributed by atoms with van der Waals surface area (Å²) in [6.45, 7) is 0. The van der Waals surface area contributed by atoms with Crippen LogP contribution in [0.2, 0.25) is 0 Å². The topological polar surface area (TPSA) is 51.6 Å². The number of pyridine rings is 4. The lowest BCUT2D eigenvalue weighted by molar-refractivity contribution is 1.13. The normalized spacial score (nSPS) is 13.4. The lowest BCUT2D eigenvalue weighted by Gasteiger charge is -1.92. The van der Waals surface area contributed by atoms with Gasteiger partial charge in [-0.1, -0.05) is 62.1 Å². The van der Waals surface area contributed by atoms with Crippen LogP contribution < -0.4 is 0 Å². The maximum absolute atomic E-state index is 4.20. The molecule has 0 unspecified atom stereocenters. The highest BCUT2D eigenvalue weighted by atomic mass is 14.7. The summed E-state index contributed by atoms with van der Waals surface area (Å²) in [4.78, 5) is 16.4. The third-order valence-electron chi connectivity index (χ3n) is 6.23.